The molecule has 0 amide bonds. The molecule has 88 valence electrons. The van der Waals surface area contributed by atoms with Gasteiger partial charge in [-0.25, -0.2) is 4.79 Å². The van der Waals surface area contributed by atoms with Crippen molar-refractivity contribution in [3.05, 3.63) is 12.7 Å². The number of ether oxygens (including phenoxy) is 1. The van der Waals surface area contributed by atoms with Gasteiger partial charge in [0.2, 0.25) is 0 Å². The average Bonchev–Trinajstić information content (AvgIpc) is 2.18. The third kappa shape index (κ3) is 5.08. The van der Waals surface area contributed by atoms with Crippen LogP contribution < -0.4 is 0 Å². The summed E-state index contributed by atoms with van der Waals surface area (Å²) >= 11 is 0. The topological polar surface area (TPSA) is 54.0 Å². The van der Waals surface area contributed by atoms with Gasteiger partial charge in [-0.15, -0.1) is 0 Å². The Balaban J connectivity index is 4.58. The van der Waals surface area contributed by atoms with Crippen LogP contribution in [0.5, 0.6) is 0 Å². The molecule has 6 heteroatoms. The molecule has 0 saturated carbocycles. The van der Waals surface area contributed by atoms with Crippen molar-refractivity contribution >= 4 is 14.8 Å². The summed E-state index contributed by atoms with van der Waals surface area (Å²) < 4.78 is 20.8. The third-order valence-electron chi connectivity index (χ3n) is 1.47. The summed E-state index contributed by atoms with van der Waals surface area (Å²) in [6.45, 7) is 7.73. The summed E-state index contributed by atoms with van der Waals surface area (Å²) in [4.78, 5) is 11.1. The molecule has 0 aromatic heterocycles. The van der Waals surface area contributed by atoms with Gasteiger partial charge in [-0.2, -0.15) is 0 Å². The molecule has 0 aliphatic heterocycles. The fourth-order valence-corrected chi connectivity index (χ4v) is 3.07. The molecule has 0 rings (SSSR count). The second-order valence-corrected chi connectivity index (χ2v) is 5.04. The highest BCUT2D eigenvalue weighted by atomic mass is 28.4. The Morgan fingerprint density at radius 2 is 1.87 bits per heavy atom. The van der Waals surface area contributed by atoms with Crippen LogP contribution in [0.4, 0.5) is 0 Å². The van der Waals surface area contributed by atoms with Gasteiger partial charge in [-0.05, 0) is 13.8 Å². The van der Waals surface area contributed by atoms with Gasteiger partial charge in [0.05, 0.1) is 0 Å². The summed E-state index contributed by atoms with van der Waals surface area (Å²) in [5.74, 6) is -0.555. The molecule has 15 heavy (non-hydrogen) atoms. The first-order valence-electron chi connectivity index (χ1n) is 4.76. The van der Waals surface area contributed by atoms with Gasteiger partial charge < -0.3 is 18.0 Å². The minimum atomic E-state index is -3.02. The van der Waals surface area contributed by atoms with Crippen molar-refractivity contribution in [1.82, 2.24) is 0 Å². The lowest BCUT2D eigenvalue weighted by Crippen LogP contribution is -2.51. The molecule has 0 aliphatic carbocycles. The molecule has 0 unspecified atom stereocenters. The second kappa shape index (κ2) is 7.58. The zero-order chi connectivity index (χ0) is 11.7. The molecule has 0 heterocycles. The van der Waals surface area contributed by atoms with E-state index in [1.165, 1.54) is 7.11 Å². The lowest BCUT2D eigenvalue weighted by Gasteiger charge is -2.26. The molecule has 0 atom stereocenters. The molecule has 0 N–H and O–H groups in total. The van der Waals surface area contributed by atoms with E-state index in [2.05, 4.69) is 6.58 Å². The zero-order valence-electron chi connectivity index (χ0n) is 9.45. The van der Waals surface area contributed by atoms with Crippen molar-refractivity contribution in [2.45, 2.75) is 13.8 Å². The largest absolute Gasteiger partial charge is 0.595 e. The number of carbonyl (C=O) groups is 1. The van der Waals surface area contributed by atoms with E-state index in [0.29, 0.717) is 13.2 Å². The molecule has 0 aromatic carbocycles. The average molecular weight is 234 g/mol. The Labute approximate surface area is 91.3 Å². The summed E-state index contributed by atoms with van der Waals surface area (Å²) in [5.41, 5.74) is 0. The lowest BCUT2D eigenvalue weighted by molar-refractivity contribution is -0.134. The van der Waals surface area contributed by atoms with Crippen LogP contribution in [0.25, 0.3) is 0 Å². The number of methoxy groups -OCH3 is 1. The van der Waals surface area contributed by atoms with Gasteiger partial charge >= 0.3 is 14.8 Å². The van der Waals surface area contributed by atoms with Gasteiger partial charge in [0, 0.05) is 26.4 Å². The highest BCUT2D eigenvalue weighted by Crippen LogP contribution is 2.11. The smallest absolute Gasteiger partial charge is 0.469 e. The zero-order valence-corrected chi connectivity index (χ0v) is 10.4. The lowest BCUT2D eigenvalue weighted by atomic mass is 10.7. The van der Waals surface area contributed by atoms with Crippen molar-refractivity contribution in [2.75, 3.05) is 26.6 Å². The highest BCUT2D eigenvalue weighted by Gasteiger charge is 2.44. The fourth-order valence-electron chi connectivity index (χ4n) is 1.02. The summed E-state index contributed by atoms with van der Waals surface area (Å²) in [5, 5.41) is 0. The van der Waals surface area contributed by atoms with E-state index >= 15 is 0 Å². The van der Waals surface area contributed by atoms with Crippen LogP contribution in [0.3, 0.4) is 0 Å². The van der Waals surface area contributed by atoms with E-state index in [9.17, 15) is 4.79 Å². The third-order valence-corrected chi connectivity index (χ3v) is 4.08. The molecule has 0 fully saturated rings. The molecule has 0 bridgehead atoms. The molecular weight excluding hydrogens is 216 g/mol. The first-order chi connectivity index (χ1) is 7.14. The Bertz CT molecular complexity index is 190. The van der Waals surface area contributed by atoms with E-state index in [1.807, 2.05) is 0 Å². The van der Waals surface area contributed by atoms with Crippen molar-refractivity contribution in [2.24, 2.45) is 0 Å². The SMILES string of the molecule is C=CC(=O)O[Si](COC)(OCC)OCC. The van der Waals surface area contributed by atoms with E-state index in [4.69, 9.17) is 18.0 Å². The Kier molecular flexibility index (Phi) is 7.23. The standard InChI is InChI=1S/C9H18O5Si/c1-5-9(10)14-15(8-11-4,12-6-2)13-7-3/h5H,1,6-8H2,2-4H3. The van der Waals surface area contributed by atoms with Gasteiger partial charge in [0.25, 0.3) is 0 Å². The fraction of sp³-hybridized carbons (Fsp3) is 0.667. The summed E-state index contributed by atoms with van der Waals surface area (Å²) in [7, 11) is -1.52. The summed E-state index contributed by atoms with van der Waals surface area (Å²) in [6, 6.07) is 0. The minimum Gasteiger partial charge on any atom is -0.469 e. The minimum absolute atomic E-state index is 0.147. The van der Waals surface area contributed by atoms with E-state index < -0.39 is 14.8 Å². The predicted octanol–water partition coefficient (Wildman–Crippen LogP) is 0.913. The highest BCUT2D eigenvalue weighted by molar-refractivity contribution is 6.62. The van der Waals surface area contributed by atoms with E-state index in [-0.39, 0.29) is 6.23 Å². The Morgan fingerprint density at radius 3 is 2.20 bits per heavy atom. The first-order valence-corrected chi connectivity index (χ1v) is 6.69. The molecule has 0 spiro atoms. The van der Waals surface area contributed by atoms with Crippen LogP contribution in [0.2, 0.25) is 0 Å². The molecule has 0 radical (unpaired) electrons. The van der Waals surface area contributed by atoms with Crippen molar-refractivity contribution in [3.63, 3.8) is 0 Å². The summed E-state index contributed by atoms with van der Waals surface area (Å²) in [6.07, 6.45) is 1.23. The molecule has 5 nitrogen and oxygen atoms in total. The quantitative estimate of drug-likeness (QED) is 0.461. The van der Waals surface area contributed by atoms with Gasteiger partial charge in [-0.1, -0.05) is 6.58 Å². The maximum absolute atomic E-state index is 11.1. The Morgan fingerprint density at radius 1 is 1.33 bits per heavy atom. The maximum Gasteiger partial charge on any atom is 0.595 e. The van der Waals surface area contributed by atoms with Crippen molar-refractivity contribution in [1.29, 1.82) is 0 Å². The molecular formula is C9H18O5Si. The number of carbonyl (C=O) groups excluding carboxylic acids is 1. The predicted molar refractivity (Wildman–Crippen MR) is 57.2 cm³/mol. The van der Waals surface area contributed by atoms with Gasteiger partial charge in [0.15, 0.2) is 0 Å². The monoisotopic (exact) mass is 234 g/mol. The van der Waals surface area contributed by atoms with Crippen LogP contribution in [0.15, 0.2) is 12.7 Å². The van der Waals surface area contributed by atoms with E-state index in [1.54, 1.807) is 13.8 Å². The van der Waals surface area contributed by atoms with Crippen LogP contribution >= 0.6 is 0 Å². The molecule has 0 saturated heterocycles. The maximum atomic E-state index is 11.1. The molecule has 0 aromatic rings. The second-order valence-electron chi connectivity index (χ2n) is 2.61. The molecule has 0 aliphatic rings. The van der Waals surface area contributed by atoms with Gasteiger partial charge in [-0.3, -0.25) is 0 Å². The van der Waals surface area contributed by atoms with Crippen molar-refractivity contribution < 1.29 is 22.8 Å². The Hall–Kier alpha value is -0.693. The first kappa shape index (κ1) is 14.3. The van der Waals surface area contributed by atoms with Crippen LogP contribution in [-0.4, -0.2) is 41.3 Å². The van der Waals surface area contributed by atoms with Crippen LogP contribution in [0, 0.1) is 0 Å². The van der Waals surface area contributed by atoms with Crippen LogP contribution in [0.1, 0.15) is 13.8 Å². The van der Waals surface area contributed by atoms with Crippen LogP contribution in [-0.2, 0) is 22.8 Å². The van der Waals surface area contributed by atoms with Crippen molar-refractivity contribution in [3.8, 4) is 0 Å². The van der Waals surface area contributed by atoms with E-state index in [0.717, 1.165) is 6.08 Å². The number of rotatable bonds is 8. The normalized spacial score (nSPS) is 11.1. The number of hydrogen-bond acceptors (Lipinski definition) is 5. The number of hydrogen-bond donors (Lipinski definition) is 0. The van der Waals surface area contributed by atoms with Gasteiger partial charge in [0.1, 0.15) is 6.23 Å².